The number of likely N-dealkylation sites (N-methyl/N-ethyl adjacent to an activating group) is 1. The first-order chi connectivity index (χ1) is 7.69. The molecule has 0 radical (unpaired) electrons. The van der Waals surface area contributed by atoms with E-state index < -0.39 is 0 Å². The Balaban J connectivity index is 2.62. The van der Waals surface area contributed by atoms with Gasteiger partial charge in [0.2, 0.25) is 0 Å². The molecule has 16 heavy (non-hydrogen) atoms. The maximum Gasteiger partial charge on any atom is 0.0236 e. The zero-order chi connectivity index (χ0) is 12.0. The molecule has 2 N–H and O–H groups in total. The van der Waals surface area contributed by atoms with Gasteiger partial charge in [0.15, 0.2) is 0 Å². The Morgan fingerprint density at radius 2 is 2.00 bits per heavy atom. The molecule has 0 aromatic heterocycles. The highest BCUT2D eigenvalue weighted by Crippen LogP contribution is 2.12. The zero-order valence-corrected chi connectivity index (χ0v) is 10.7. The molecule has 1 atom stereocenters. The van der Waals surface area contributed by atoms with Gasteiger partial charge in [-0.1, -0.05) is 37.6 Å². The first kappa shape index (κ1) is 13.2. The van der Waals surface area contributed by atoms with Gasteiger partial charge in [0.05, 0.1) is 0 Å². The molecule has 0 saturated heterocycles. The molecule has 0 fully saturated rings. The van der Waals surface area contributed by atoms with Gasteiger partial charge in [0.1, 0.15) is 0 Å². The van der Waals surface area contributed by atoms with Crippen molar-refractivity contribution in [3.63, 3.8) is 0 Å². The molecule has 0 aliphatic heterocycles. The van der Waals surface area contributed by atoms with Gasteiger partial charge < -0.3 is 5.73 Å². The molecule has 0 saturated carbocycles. The SMILES string of the molecule is CCCC(CN)N(C)Cc1ccccc1C. The lowest BCUT2D eigenvalue weighted by atomic mass is 10.1. The third-order valence-corrected chi connectivity index (χ3v) is 3.20. The summed E-state index contributed by atoms with van der Waals surface area (Å²) in [6.45, 7) is 6.12. The Kier molecular flexibility index (Phi) is 5.50. The Morgan fingerprint density at radius 1 is 1.31 bits per heavy atom. The largest absolute Gasteiger partial charge is 0.329 e. The highest BCUT2D eigenvalue weighted by molar-refractivity contribution is 5.25. The molecule has 90 valence electrons. The monoisotopic (exact) mass is 220 g/mol. The van der Waals surface area contributed by atoms with E-state index >= 15 is 0 Å². The standard InChI is InChI=1S/C14H24N2/c1-4-7-14(10-15)16(3)11-13-9-6-5-8-12(13)2/h5-6,8-9,14H,4,7,10-11,15H2,1-3H3. The van der Waals surface area contributed by atoms with Crippen LogP contribution >= 0.6 is 0 Å². The minimum absolute atomic E-state index is 0.504. The average Bonchev–Trinajstić information content (AvgIpc) is 2.29. The minimum Gasteiger partial charge on any atom is -0.329 e. The number of hydrogen-bond acceptors (Lipinski definition) is 2. The van der Waals surface area contributed by atoms with Crippen LogP contribution in [-0.2, 0) is 6.54 Å². The van der Waals surface area contributed by atoms with Crippen molar-refractivity contribution in [3.8, 4) is 0 Å². The van der Waals surface area contributed by atoms with Crippen molar-refractivity contribution in [2.75, 3.05) is 13.6 Å². The van der Waals surface area contributed by atoms with Crippen LogP contribution in [0.1, 0.15) is 30.9 Å². The summed E-state index contributed by atoms with van der Waals surface area (Å²) in [5, 5.41) is 0. The lowest BCUT2D eigenvalue weighted by Gasteiger charge is -2.27. The molecule has 0 spiro atoms. The lowest BCUT2D eigenvalue weighted by Crippen LogP contribution is -2.37. The van der Waals surface area contributed by atoms with Crippen molar-refractivity contribution in [1.82, 2.24) is 4.90 Å². The van der Waals surface area contributed by atoms with Gasteiger partial charge in [-0.05, 0) is 31.5 Å². The Labute approximate surface area is 99.5 Å². The van der Waals surface area contributed by atoms with Gasteiger partial charge in [-0.2, -0.15) is 0 Å². The zero-order valence-electron chi connectivity index (χ0n) is 10.7. The summed E-state index contributed by atoms with van der Waals surface area (Å²) in [6, 6.07) is 9.06. The van der Waals surface area contributed by atoms with Crippen LogP contribution < -0.4 is 5.73 Å². The summed E-state index contributed by atoms with van der Waals surface area (Å²) in [6.07, 6.45) is 2.37. The lowest BCUT2D eigenvalue weighted by molar-refractivity contribution is 0.225. The summed E-state index contributed by atoms with van der Waals surface area (Å²) in [5.74, 6) is 0. The average molecular weight is 220 g/mol. The summed E-state index contributed by atoms with van der Waals surface area (Å²) < 4.78 is 0. The van der Waals surface area contributed by atoms with Crippen LogP contribution in [0.5, 0.6) is 0 Å². The van der Waals surface area contributed by atoms with Gasteiger partial charge in [-0.25, -0.2) is 0 Å². The smallest absolute Gasteiger partial charge is 0.0236 e. The maximum atomic E-state index is 5.81. The molecule has 2 nitrogen and oxygen atoms in total. The molecule has 0 bridgehead atoms. The van der Waals surface area contributed by atoms with Crippen molar-refractivity contribution in [2.24, 2.45) is 5.73 Å². The quantitative estimate of drug-likeness (QED) is 0.798. The molecule has 1 aromatic rings. The first-order valence-electron chi connectivity index (χ1n) is 6.13. The minimum atomic E-state index is 0.504. The fourth-order valence-corrected chi connectivity index (χ4v) is 2.04. The predicted octanol–water partition coefficient (Wildman–Crippen LogP) is 2.55. The van der Waals surface area contributed by atoms with E-state index in [1.54, 1.807) is 0 Å². The first-order valence-corrected chi connectivity index (χ1v) is 6.13. The molecule has 1 aromatic carbocycles. The van der Waals surface area contributed by atoms with Crippen LogP contribution in [0.2, 0.25) is 0 Å². The van der Waals surface area contributed by atoms with Crippen LogP contribution in [0, 0.1) is 6.92 Å². The van der Waals surface area contributed by atoms with Crippen LogP contribution in [0.4, 0.5) is 0 Å². The molecule has 0 aliphatic carbocycles. The Bertz CT molecular complexity index is 309. The number of rotatable bonds is 6. The molecule has 2 heteroatoms. The van der Waals surface area contributed by atoms with Gasteiger partial charge in [0.25, 0.3) is 0 Å². The molecule has 0 heterocycles. The van der Waals surface area contributed by atoms with Crippen molar-refractivity contribution in [2.45, 2.75) is 39.3 Å². The van der Waals surface area contributed by atoms with Crippen LogP contribution in [-0.4, -0.2) is 24.5 Å². The summed E-state index contributed by atoms with van der Waals surface area (Å²) >= 11 is 0. The molecule has 0 amide bonds. The van der Waals surface area contributed by atoms with Crippen molar-refractivity contribution in [3.05, 3.63) is 35.4 Å². The molecule has 0 aliphatic rings. The van der Waals surface area contributed by atoms with E-state index in [0.717, 1.165) is 13.1 Å². The van der Waals surface area contributed by atoms with Crippen molar-refractivity contribution < 1.29 is 0 Å². The second-order valence-corrected chi connectivity index (χ2v) is 4.52. The Morgan fingerprint density at radius 3 is 2.56 bits per heavy atom. The topological polar surface area (TPSA) is 29.3 Å². The molecule has 1 rings (SSSR count). The second-order valence-electron chi connectivity index (χ2n) is 4.52. The van der Waals surface area contributed by atoms with E-state index in [9.17, 15) is 0 Å². The van der Waals surface area contributed by atoms with Gasteiger partial charge >= 0.3 is 0 Å². The summed E-state index contributed by atoms with van der Waals surface area (Å²) in [4.78, 5) is 2.37. The van der Waals surface area contributed by atoms with Crippen LogP contribution in [0.15, 0.2) is 24.3 Å². The second kappa shape index (κ2) is 6.66. The van der Waals surface area contributed by atoms with E-state index in [0.29, 0.717) is 6.04 Å². The van der Waals surface area contributed by atoms with Gasteiger partial charge in [0, 0.05) is 19.1 Å². The highest BCUT2D eigenvalue weighted by atomic mass is 15.1. The number of nitrogens with two attached hydrogens (primary N) is 1. The van der Waals surface area contributed by atoms with E-state index in [-0.39, 0.29) is 0 Å². The third kappa shape index (κ3) is 3.62. The highest BCUT2D eigenvalue weighted by Gasteiger charge is 2.12. The Hall–Kier alpha value is -0.860. The normalized spacial score (nSPS) is 13.1. The third-order valence-electron chi connectivity index (χ3n) is 3.20. The van der Waals surface area contributed by atoms with Crippen molar-refractivity contribution in [1.29, 1.82) is 0 Å². The van der Waals surface area contributed by atoms with Crippen LogP contribution in [0.25, 0.3) is 0 Å². The fraction of sp³-hybridized carbons (Fsp3) is 0.571. The van der Waals surface area contributed by atoms with E-state index in [1.807, 2.05) is 0 Å². The number of aryl methyl sites for hydroxylation is 1. The fourth-order valence-electron chi connectivity index (χ4n) is 2.04. The van der Waals surface area contributed by atoms with Gasteiger partial charge in [-0.15, -0.1) is 0 Å². The van der Waals surface area contributed by atoms with E-state index in [2.05, 4.69) is 50.1 Å². The van der Waals surface area contributed by atoms with Crippen LogP contribution in [0.3, 0.4) is 0 Å². The van der Waals surface area contributed by atoms with E-state index in [4.69, 9.17) is 5.73 Å². The number of hydrogen-bond donors (Lipinski definition) is 1. The molecule has 1 unspecified atom stereocenters. The molecular weight excluding hydrogens is 196 g/mol. The van der Waals surface area contributed by atoms with Gasteiger partial charge in [-0.3, -0.25) is 4.90 Å². The summed E-state index contributed by atoms with van der Waals surface area (Å²) in [5.41, 5.74) is 8.57. The van der Waals surface area contributed by atoms with E-state index in [1.165, 1.54) is 24.0 Å². The number of benzene rings is 1. The number of nitrogens with zero attached hydrogens (tertiary/aromatic N) is 1. The van der Waals surface area contributed by atoms with Crippen molar-refractivity contribution >= 4 is 0 Å². The maximum absolute atomic E-state index is 5.81. The predicted molar refractivity (Wildman–Crippen MR) is 70.4 cm³/mol. The molecular formula is C14H24N2. The summed E-state index contributed by atoms with van der Waals surface area (Å²) in [7, 11) is 2.17.